The molecule has 0 aromatic carbocycles. The van der Waals surface area contributed by atoms with Gasteiger partial charge in [-0.25, -0.2) is 4.79 Å². The number of hydrogen-bond donors (Lipinski definition) is 2. The van der Waals surface area contributed by atoms with Crippen LogP contribution in [0.2, 0.25) is 0 Å². The fraction of sp³-hybridized carbons (Fsp3) is 0.438. The first-order chi connectivity index (χ1) is 11.1. The molecule has 1 aliphatic rings. The highest BCUT2D eigenvalue weighted by Crippen LogP contribution is 2.17. The van der Waals surface area contributed by atoms with Gasteiger partial charge in [0.15, 0.2) is 0 Å². The van der Waals surface area contributed by atoms with Crippen LogP contribution >= 0.6 is 0 Å². The van der Waals surface area contributed by atoms with Crippen LogP contribution in [0.1, 0.15) is 23.4 Å². The Morgan fingerprint density at radius 3 is 3.09 bits per heavy atom. The summed E-state index contributed by atoms with van der Waals surface area (Å²) in [7, 11) is 0. The average Bonchev–Trinajstić information content (AvgIpc) is 3.14. The topological polar surface area (TPSA) is 83.1 Å². The van der Waals surface area contributed by atoms with Crippen LogP contribution in [0.25, 0.3) is 0 Å². The lowest BCUT2D eigenvalue weighted by Gasteiger charge is -2.18. The molecule has 1 saturated heterocycles. The second-order valence-corrected chi connectivity index (χ2v) is 5.73. The first-order valence-corrected chi connectivity index (χ1v) is 7.73. The van der Waals surface area contributed by atoms with Crippen molar-refractivity contribution in [3.8, 4) is 5.75 Å². The Balaban J connectivity index is 1.49. The molecule has 2 aromatic rings. The van der Waals surface area contributed by atoms with Gasteiger partial charge in [0.05, 0.1) is 18.4 Å². The summed E-state index contributed by atoms with van der Waals surface area (Å²) in [5.41, 5.74) is 2.95. The SMILES string of the molecule is Cc1n[nH]c(C)c1CNC(=O)N1CC[C@H](Oc2cccnc2)C1. The minimum Gasteiger partial charge on any atom is -0.487 e. The predicted molar refractivity (Wildman–Crippen MR) is 85.1 cm³/mol. The Kier molecular flexibility index (Phi) is 4.45. The van der Waals surface area contributed by atoms with E-state index in [2.05, 4.69) is 20.5 Å². The zero-order valence-electron chi connectivity index (χ0n) is 13.4. The van der Waals surface area contributed by atoms with E-state index in [-0.39, 0.29) is 12.1 Å². The summed E-state index contributed by atoms with van der Waals surface area (Å²) in [5.74, 6) is 0.740. The number of aromatic amines is 1. The lowest BCUT2D eigenvalue weighted by atomic mass is 10.2. The predicted octanol–water partition coefficient (Wildman–Crippen LogP) is 1.78. The van der Waals surface area contributed by atoms with E-state index in [0.29, 0.717) is 19.6 Å². The standard InChI is InChI=1S/C16H21N5O2/c1-11-15(12(2)20-19-11)9-18-16(22)21-7-5-14(10-21)23-13-4-3-6-17-8-13/h3-4,6,8,14H,5,7,9-10H2,1-2H3,(H,18,22)(H,19,20)/t14-/m0/s1. The van der Waals surface area contributed by atoms with E-state index in [9.17, 15) is 4.79 Å². The first-order valence-electron chi connectivity index (χ1n) is 7.73. The zero-order chi connectivity index (χ0) is 16.2. The van der Waals surface area contributed by atoms with Gasteiger partial charge in [-0.1, -0.05) is 0 Å². The molecule has 0 radical (unpaired) electrons. The number of amides is 2. The number of hydrogen-bond acceptors (Lipinski definition) is 4. The molecule has 2 aromatic heterocycles. The van der Waals surface area contributed by atoms with Crippen LogP contribution in [0.5, 0.6) is 5.75 Å². The van der Waals surface area contributed by atoms with Gasteiger partial charge in [-0.05, 0) is 26.0 Å². The molecule has 0 bridgehead atoms. The summed E-state index contributed by atoms with van der Waals surface area (Å²) >= 11 is 0. The fourth-order valence-electron chi connectivity index (χ4n) is 2.73. The van der Waals surface area contributed by atoms with Gasteiger partial charge < -0.3 is 15.0 Å². The van der Waals surface area contributed by atoms with E-state index >= 15 is 0 Å². The van der Waals surface area contributed by atoms with Crippen molar-refractivity contribution in [1.82, 2.24) is 25.4 Å². The third kappa shape index (κ3) is 3.61. The Morgan fingerprint density at radius 1 is 1.52 bits per heavy atom. The minimum atomic E-state index is -0.0673. The molecule has 3 rings (SSSR count). The maximum Gasteiger partial charge on any atom is 0.317 e. The number of pyridine rings is 1. The number of ether oxygens (including phenoxy) is 1. The summed E-state index contributed by atoms with van der Waals surface area (Å²) in [5, 5.41) is 10.0. The number of nitrogens with zero attached hydrogens (tertiary/aromatic N) is 3. The highest BCUT2D eigenvalue weighted by Gasteiger charge is 2.27. The number of carbonyl (C=O) groups excluding carboxylic acids is 1. The molecule has 0 saturated carbocycles. The van der Waals surface area contributed by atoms with Crippen LogP contribution in [-0.2, 0) is 6.54 Å². The number of likely N-dealkylation sites (tertiary alicyclic amines) is 1. The molecule has 0 spiro atoms. The lowest BCUT2D eigenvalue weighted by molar-refractivity contribution is 0.186. The minimum absolute atomic E-state index is 0.0161. The molecule has 2 amide bonds. The van der Waals surface area contributed by atoms with E-state index in [4.69, 9.17) is 4.74 Å². The maximum absolute atomic E-state index is 12.3. The number of H-pyrrole nitrogens is 1. The van der Waals surface area contributed by atoms with Crippen molar-refractivity contribution in [1.29, 1.82) is 0 Å². The van der Waals surface area contributed by atoms with Crippen molar-refractivity contribution in [3.05, 3.63) is 41.5 Å². The number of aryl methyl sites for hydroxylation is 2. The molecule has 3 heterocycles. The van der Waals surface area contributed by atoms with Crippen molar-refractivity contribution < 1.29 is 9.53 Å². The second-order valence-electron chi connectivity index (χ2n) is 5.73. The molecule has 1 fully saturated rings. The number of rotatable bonds is 4. The van der Waals surface area contributed by atoms with Crippen LogP contribution in [0.3, 0.4) is 0 Å². The summed E-state index contributed by atoms with van der Waals surface area (Å²) < 4.78 is 5.85. The molecule has 7 heteroatoms. The van der Waals surface area contributed by atoms with E-state index in [1.54, 1.807) is 17.3 Å². The Labute approximate surface area is 135 Å². The Hall–Kier alpha value is -2.57. The van der Waals surface area contributed by atoms with Gasteiger partial charge in [-0.3, -0.25) is 10.1 Å². The summed E-state index contributed by atoms with van der Waals surface area (Å²) in [6.07, 6.45) is 4.24. The van der Waals surface area contributed by atoms with Crippen molar-refractivity contribution >= 4 is 6.03 Å². The summed E-state index contributed by atoms with van der Waals surface area (Å²) in [6.45, 7) is 5.65. The molecular weight excluding hydrogens is 294 g/mol. The highest BCUT2D eigenvalue weighted by molar-refractivity contribution is 5.74. The summed E-state index contributed by atoms with van der Waals surface area (Å²) in [4.78, 5) is 18.1. The zero-order valence-corrected chi connectivity index (χ0v) is 13.4. The van der Waals surface area contributed by atoms with Crippen LogP contribution in [0.4, 0.5) is 4.79 Å². The largest absolute Gasteiger partial charge is 0.487 e. The van der Waals surface area contributed by atoms with Crippen molar-refractivity contribution in [2.75, 3.05) is 13.1 Å². The summed E-state index contributed by atoms with van der Waals surface area (Å²) in [6, 6.07) is 3.65. The van der Waals surface area contributed by atoms with Gasteiger partial charge in [0.25, 0.3) is 0 Å². The molecule has 122 valence electrons. The third-order valence-electron chi connectivity index (χ3n) is 4.07. The molecule has 2 N–H and O–H groups in total. The van der Waals surface area contributed by atoms with Crippen molar-refractivity contribution in [2.45, 2.75) is 32.9 Å². The monoisotopic (exact) mass is 315 g/mol. The normalized spacial score (nSPS) is 17.3. The fourth-order valence-corrected chi connectivity index (χ4v) is 2.73. The van der Waals surface area contributed by atoms with Gasteiger partial charge >= 0.3 is 6.03 Å². The number of urea groups is 1. The molecule has 0 aliphatic carbocycles. The Morgan fingerprint density at radius 2 is 2.39 bits per heavy atom. The van der Waals surface area contributed by atoms with Gasteiger partial charge in [0.1, 0.15) is 11.9 Å². The number of carbonyl (C=O) groups is 1. The smallest absolute Gasteiger partial charge is 0.317 e. The molecule has 0 unspecified atom stereocenters. The third-order valence-corrected chi connectivity index (χ3v) is 4.07. The van der Waals surface area contributed by atoms with Crippen LogP contribution in [0, 0.1) is 13.8 Å². The lowest BCUT2D eigenvalue weighted by Crippen LogP contribution is -2.39. The molecule has 23 heavy (non-hydrogen) atoms. The van der Waals surface area contributed by atoms with Crippen LogP contribution in [0.15, 0.2) is 24.5 Å². The van der Waals surface area contributed by atoms with E-state index in [1.165, 1.54) is 0 Å². The van der Waals surface area contributed by atoms with Crippen molar-refractivity contribution in [3.63, 3.8) is 0 Å². The Bertz CT molecular complexity index is 651. The van der Waals surface area contributed by atoms with Gasteiger partial charge in [-0.2, -0.15) is 5.10 Å². The van der Waals surface area contributed by atoms with Gasteiger partial charge in [0, 0.05) is 37.0 Å². The number of aromatic nitrogens is 3. The van der Waals surface area contributed by atoms with Crippen LogP contribution < -0.4 is 10.1 Å². The molecule has 1 aliphatic heterocycles. The van der Waals surface area contributed by atoms with Gasteiger partial charge in [-0.15, -0.1) is 0 Å². The van der Waals surface area contributed by atoms with E-state index < -0.39 is 0 Å². The molecular formula is C16H21N5O2. The second kappa shape index (κ2) is 6.68. The molecule has 1 atom stereocenters. The van der Waals surface area contributed by atoms with E-state index in [1.807, 2.05) is 26.0 Å². The first kappa shape index (κ1) is 15.3. The maximum atomic E-state index is 12.3. The molecule has 7 nitrogen and oxygen atoms in total. The highest BCUT2D eigenvalue weighted by atomic mass is 16.5. The van der Waals surface area contributed by atoms with Crippen molar-refractivity contribution in [2.24, 2.45) is 0 Å². The van der Waals surface area contributed by atoms with E-state index in [0.717, 1.165) is 29.1 Å². The number of nitrogens with one attached hydrogen (secondary N) is 2. The average molecular weight is 315 g/mol. The quantitative estimate of drug-likeness (QED) is 0.901. The van der Waals surface area contributed by atoms with Crippen LogP contribution in [-0.4, -0.2) is 45.3 Å². The van der Waals surface area contributed by atoms with Gasteiger partial charge in [0.2, 0.25) is 0 Å².